The van der Waals surface area contributed by atoms with Gasteiger partial charge in [0.15, 0.2) is 0 Å². The largest absolute Gasteiger partial charge is 0.103 e. The van der Waals surface area contributed by atoms with E-state index in [1.54, 1.807) is 6.08 Å². The zero-order valence-electron chi connectivity index (χ0n) is 7.57. The molecule has 0 bridgehead atoms. The molecule has 0 aromatic heterocycles. The Morgan fingerprint density at radius 1 is 0.917 bits per heavy atom. The van der Waals surface area contributed by atoms with Gasteiger partial charge in [0.25, 0.3) is 0 Å². The SMILES string of the molecule is C=CCBr.C=CCCCCCBr. The van der Waals surface area contributed by atoms with Crippen LogP contribution in [0.5, 0.6) is 0 Å². The molecule has 0 nitrogen and oxygen atoms in total. The Morgan fingerprint density at radius 3 is 1.83 bits per heavy atom. The lowest BCUT2D eigenvalue weighted by Crippen LogP contribution is -1.74. The number of rotatable bonds is 6. The Balaban J connectivity index is 0. The van der Waals surface area contributed by atoms with Crippen molar-refractivity contribution in [3.8, 4) is 0 Å². The fraction of sp³-hybridized carbons (Fsp3) is 0.600. The summed E-state index contributed by atoms with van der Waals surface area (Å²) in [6.45, 7) is 7.08. The van der Waals surface area contributed by atoms with Gasteiger partial charge in [0.1, 0.15) is 0 Å². The molecule has 72 valence electrons. The lowest BCUT2D eigenvalue weighted by Gasteiger charge is -1.90. The Hall–Kier alpha value is 0.440. The molecule has 0 saturated carbocycles. The first kappa shape index (κ1) is 14.9. The summed E-state index contributed by atoms with van der Waals surface area (Å²) in [4.78, 5) is 0. The van der Waals surface area contributed by atoms with Crippen molar-refractivity contribution in [3.63, 3.8) is 0 Å². The van der Waals surface area contributed by atoms with E-state index >= 15 is 0 Å². The highest BCUT2D eigenvalue weighted by Crippen LogP contribution is 2.01. The van der Waals surface area contributed by atoms with Crippen LogP contribution in [0.15, 0.2) is 25.3 Å². The molecule has 0 aromatic carbocycles. The van der Waals surface area contributed by atoms with Gasteiger partial charge in [-0.05, 0) is 19.3 Å². The zero-order valence-corrected chi connectivity index (χ0v) is 10.7. The minimum atomic E-state index is 0.896. The molecule has 0 rings (SSSR count). The van der Waals surface area contributed by atoms with E-state index in [1.165, 1.54) is 25.7 Å². The molecule has 2 heteroatoms. The molecule has 0 atom stereocenters. The van der Waals surface area contributed by atoms with Crippen LogP contribution in [0.3, 0.4) is 0 Å². The van der Waals surface area contributed by atoms with E-state index in [-0.39, 0.29) is 0 Å². The maximum Gasteiger partial charge on any atom is 0.0209 e. The van der Waals surface area contributed by atoms with Crippen molar-refractivity contribution in [2.24, 2.45) is 0 Å². The van der Waals surface area contributed by atoms with Crippen LogP contribution in [0.2, 0.25) is 0 Å². The van der Waals surface area contributed by atoms with Crippen molar-refractivity contribution in [1.82, 2.24) is 0 Å². The molecule has 0 spiro atoms. The molecule has 0 fully saturated rings. The smallest absolute Gasteiger partial charge is 0.0209 e. The average Bonchev–Trinajstić information content (AvgIpc) is 2.13. The maximum absolute atomic E-state index is 3.65. The van der Waals surface area contributed by atoms with E-state index in [0.717, 1.165) is 10.7 Å². The molecule has 0 N–H and O–H groups in total. The Kier molecular flexibility index (Phi) is 21.8. The number of hydrogen-bond acceptors (Lipinski definition) is 0. The van der Waals surface area contributed by atoms with Gasteiger partial charge >= 0.3 is 0 Å². The number of hydrogen-bond donors (Lipinski definition) is 0. The van der Waals surface area contributed by atoms with Crippen molar-refractivity contribution in [3.05, 3.63) is 25.3 Å². The molecule has 0 saturated heterocycles. The van der Waals surface area contributed by atoms with Crippen LogP contribution >= 0.6 is 31.9 Å². The molecule has 0 aromatic rings. The van der Waals surface area contributed by atoms with Gasteiger partial charge in [-0.25, -0.2) is 0 Å². The van der Waals surface area contributed by atoms with Gasteiger partial charge in [0.05, 0.1) is 0 Å². The number of halogens is 2. The average molecular weight is 298 g/mol. The zero-order chi connectivity index (χ0) is 9.66. The lowest BCUT2D eigenvalue weighted by atomic mass is 10.2. The third-order valence-electron chi connectivity index (χ3n) is 1.15. The highest BCUT2D eigenvalue weighted by atomic mass is 79.9. The van der Waals surface area contributed by atoms with Gasteiger partial charge in [-0.1, -0.05) is 50.4 Å². The summed E-state index contributed by atoms with van der Waals surface area (Å²) in [6, 6.07) is 0. The van der Waals surface area contributed by atoms with E-state index in [4.69, 9.17) is 0 Å². The first-order valence-corrected chi connectivity index (χ1v) is 6.41. The van der Waals surface area contributed by atoms with Gasteiger partial charge < -0.3 is 0 Å². The fourth-order valence-electron chi connectivity index (χ4n) is 0.560. The molecule has 12 heavy (non-hydrogen) atoms. The second-order valence-electron chi connectivity index (χ2n) is 2.27. The van der Waals surface area contributed by atoms with Crippen molar-refractivity contribution in [1.29, 1.82) is 0 Å². The van der Waals surface area contributed by atoms with Crippen LogP contribution in [0.4, 0.5) is 0 Å². The highest BCUT2D eigenvalue weighted by molar-refractivity contribution is 9.09. The number of alkyl halides is 2. The second kappa shape index (κ2) is 17.5. The van der Waals surface area contributed by atoms with Gasteiger partial charge in [0, 0.05) is 10.7 Å². The monoisotopic (exact) mass is 296 g/mol. The first-order chi connectivity index (χ1) is 5.83. The predicted octanol–water partition coefficient (Wildman–Crippen LogP) is 4.70. The molecule has 0 aliphatic rings. The van der Waals surface area contributed by atoms with Crippen molar-refractivity contribution < 1.29 is 0 Å². The summed E-state index contributed by atoms with van der Waals surface area (Å²) in [5.41, 5.74) is 0. The van der Waals surface area contributed by atoms with Gasteiger partial charge in [-0.15, -0.1) is 13.2 Å². The number of allylic oxidation sites excluding steroid dienone is 2. The Bertz CT molecular complexity index is 89.8. The third kappa shape index (κ3) is 22.4. The molecule has 0 amide bonds. The number of unbranched alkanes of at least 4 members (excludes halogenated alkanes) is 3. The standard InChI is InChI=1S/C7H13Br.C3H5Br/c1-2-3-4-5-6-7-8;1-2-3-4/h2H,1,3-7H2;2H,1,3H2. The summed E-state index contributed by atoms with van der Waals surface area (Å²) in [6.07, 6.45) is 8.88. The van der Waals surface area contributed by atoms with Crippen LogP contribution < -0.4 is 0 Å². The lowest BCUT2D eigenvalue weighted by molar-refractivity contribution is 0.737. The van der Waals surface area contributed by atoms with E-state index in [2.05, 4.69) is 45.0 Å². The van der Waals surface area contributed by atoms with Crippen LogP contribution in [0.25, 0.3) is 0 Å². The Morgan fingerprint density at radius 2 is 1.50 bits per heavy atom. The molecule has 0 aliphatic carbocycles. The molecule has 0 unspecified atom stereocenters. The first-order valence-electron chi connectivity index (χ1n) is 4.17. The molecule has 0 heterocycles. The summed E-state index contributed by atoms with van der Waals surface area (Å²) in [5, 5.41) is 2.04. The van der Waals surface area contributed by atoms with Crippen LogP contribution in [-0.4, -0.2) is 10.7 Å². The van der Waals surface area contributed by atoms with Crippen LogP contribution in [0.1, 0.15) is 25.7 Å². The van der Waals surface area contributed by atoms with Crippen molar-refractivity contribution in [2.45, 2.75) is 25.7 Å². The van der Waals surface area contributed by atoms with Crippen molar-refractivity contribution in [2.75, 3.05) is 10.7 Å². The third-order valence-corrected chi connectivity index (χ3v) is 2.17. The predicted molar refractivity (Wildman–Crippen MR) is 66.5 cm³/mol. The highest BCUT2D eigenvalue weighted by Gasteiger charge is 1.82. The summed E-state index contributed by atoms with van der Waals surface area (Å²) >= 11 is 6.51. The molecular formula is C10H18Br2. The fourth-order valence-corrected chi connectivity index (χ4v) is 0.956. The van der Waals surface area contributed by atoms with Gasteiger partial charge in [-0.2, -0.15) is 0 Å². The summed E-state index contributed by atoms with van der Waals surface area (Å²) in [5.74, 6) is 0. The second-order valence-corrected chi connectivity index (χ2v) is 3.71. The molecule has 0 radical (unpaired) electrons. The summed E-state index contributed by atoms with van der Waals surface area (Å²) in [7, 11) is 0. The van der Waals surface area contributed by atoms with Gasteiger partial charge in [-0.3, -0.25) is 0 Å². The van der Waals surface area contributed by atoms with Gasteiger partial charge in [0.2, 0.25) is 0 Å². The topological polar surface area (TPSA) is 0 Å². The van der Waals surface area contributed by atoms with E-state index in [0.29, 0.717) is 0 Å². The van der Waals surface area contributed by atoms with E-state index in [1.807, 2.05) is 6.08 Å². The normalized spacial score (nSPS) is 8.17. The van der Waals surface area contributed by atoms with E-state index in [9.17, 15) is 0 Å². The molecular weight excluding hydrogens is 280 g/mol. The van der Waals surface area contributed by atoms with Crippen LogP contribution in [0, 0.1) is 0 Å². The van der Waals surface area contributed by atoms with Crippen molar-refractivity contribution >= 4 is 31.9 Å². The quantitative estimate of drug-likeness (QED) is 0.379. The Labute approximate surface area is 93.4 Å². The summed E-state index contributed by atoms with van der Waals surface area (Å²) < 4.78 is 0. The minimum absolute atomic E-state index is 0.896. The minimum Gasteiger partial charge on any atom is -0.103 e. The molecule has 0 aliphatic heterocycles. The van der Waals surface area contributed by atoms with E-state index < -0.39 is 0 Å². The van der Waals surface area contributed by atoms with Crippen LogP contribution in [-0.2, 0) is 0 Å². The maximum atomic E-state index is 3.65.